The molecule has 1 radical (unpaired) electrons. The van der Waals surface area contributed by atoms with Crippen LogP contribution in [0, 0.1) is 6.07 Å². The number of benzene rings is 1. The molecule has 0 unspecified atom stereocenters. The van der Waals surface area contributed by atoms with Crippen LogP contribution < -0.4 is 0 Å². The smallest absolute Gasteiger partial charge is 0.438 e. The molecular formula is C8H11MgSi. The molecule has 0 aliphatic carbocycles. The van der Waals surface area contributed by atoms with Gasteiger partial charge in [0.1, 0.15) is 0 Å². The molecule has 0 amide bonds. The van der Waals surface area contributed by atoms with E-state index in [0.717, 1.165) is 9.52 Å². The van der Waals surface area contributed by atoms with Gasteiger partial charge in [-0.15, -0.1) is 0 Å². The van der Waals surface area contributed by atoms with Gasteiger partial charge in [-0.2, -0.15) is 36.4 Å². The quantitative estimate of drug-likeness (QED) is 0.401. The molecule has 0 nitrogen and oxygen atoms in total. The largest absolute Gasteiger partial charge is 2.00 e. The monoisotopic (exact) mass is 159 g/mol. The second-order valence-corrected chi connectivity index (χ2v) is 2.58. The van der Waals surface area contributed by atoms with Crippen LogP contribution in [0.5, 0.6) is 0 Å². The van der Waals surface area contributed by atoms with E-state index < -0.39 is 0 Å². The molecule has 0 aromatic heterocycles. The number of hydrogen-bond donors (Lipinski definition) is 0. The van der Waals surface area contributed by atoms with Gasteiger partial charge in [0.25, 0.3) is 0 Å². The Labute approximate surface area is 82.0 Å². The summed E-state index contributed by atoms with van der Waals surface area (Å²) in [4.78, 5) is 0. The number of hydrogen-bond acceptors (Lipinski definition) is 0. The van der Waals surface area contributed by atoms with Gasteiger partial charge < -0.3 is 9.52 Å². The maximum atomic E-state index is 2.89. The third-order valence-electron chi connectivity index (χ3n) is 0.607. The van der Waals surface area contributed by atoms with Crippen LogP contribution in [0.2, 0.25) is 13.1 Å². The minimum Gasteiger partial charge on any atom is -0.438 e. The summed E-state index contributed by atoms with van der Waals surface area (Å²) >= 11 is 0. The first-order valence-corrected chi connectivity index (χ1v) is 4.91. The normalized spacial score (nSPS) is 6.60. The fourth-order valence-corrected chi connectivity index (χ4v) is 0.342. The van der Waals surface area contributed by atoms with Crippen LogP contribution in [0.25, 0.3) is 0 Å². The average molecular weight is 160 g/mol. The molecule has 49 valence electrons. The molecule has 0 fully saturated rings. The SMILES string of the molecule is C[Si-]C.[Mg+2].[c-]1ccccc1. The first-order chi connectivity index (χ1) is 4.41. The zero-order valence-electron chi connectivity index (χ0n) is 6.59. The van der Waals surface area contributed by atoms with E-state index in [1.54, 1.807) is 0 Å². The summed E-state index contributed by atoms with van der Waals surface area (Å²) in [6.07, 6.45) is 0. The van der Waals surface area contributed by atoms with Crippen LogP contribution >= 0.6 is 0 Å². The first kappa shape index (κ1) is 12.8. The second kappa shape index (κ2) is 11.9. The third kappa shape index (κ3) is 11.1. The van der Waals surface area contributed by atoms with Crippen LogP contribution in [-0.2, 0) is 0 Å². The molecule has 10 heavy (non-hydrogen) atoms. The van der Waals surface area contributed by atoms with E-state index in [1.807, 2.05) is 30.3 Å². The Bertz CT molecular complexity index is 92.1. The van der Waals surface area contributed by atoms with Gasteiger partial charge in [0.2, 0.25) is 0 Å². The molecule has 1 aromatic carbocycles. The Balaban J connectivity index is 0. The summed E-state index contributed by atoms with van der Waals surface area (Å²) in [5.74, 6) is 0. The molecule has 2 heteroatoms. The standard InChI is InChI=1S/C6H5.C2H6Si.Mg/c1-2-4-6-5-3-1;1-3-2;/h1-5H;1-2H3;/q2*-1;+2. The maximum Gasteiger partial charge on any atom is 2.00 e. The maximum absolute atomic E-state index is 2.89. The molecule has 0 heterocycles. The van der Waals surface area contributed by atoms with Gasteiger partial charge in [-0.3, -0.25) is 0 Å². The summed E-state index contributed by atoms with van der Waals surface area (Å²) in [6.45, 7) is 4.31. The first-order valence-electron chi connectivity index (χ1n) is 2.91. The van der Waals surface area contributed by atoms with Crippen molar-refractivity contribution in [1.82, 2.24) is 0 Å². The molecule has 0 saturated carbocycles. The Morgan fingerprint density at radius 1 is 1.00 bits per heavy atom. The topological polar surface area (TPSA) is 0 Å². The van der Waals surface area contributed by atoms with Crippen molar-refractivity contribution in [3.8, 4) is 0 Å². The fraction of sp³-hybridized carbons (Fsp3) is 0.250. The van der Waals surface area contributed by atoms with Crippen LogP contribution in [0.3, 0.4) is 0 Å². The molecule has 1 rings (SSSR count). The Morgan fingerprint density at radius 2 is 1.40 bits per heavy atom. The molecule has 0 spiro atoms. The van der Waals surface area contributed by atoms with Gasteiger partial charge in [-0.1, -0.05) is 0 Å². The minimum atomic E-state index is 0. The van der Waals surface area contributed by atoms with Gasteiger partial charge >= 0.3 is 23.1 Å². The molecule has 0 aliphatic heterocycles. The molecular weight excluding hydrogens is 148 g/mol. The second-order valence-electron chi connectivity index (χ2n) is 1.58. The summed E-state index contributed by atoms with van der Waals surface area (Å²) < 4.78 is 0. The van der Waals surface area contributed by atoms with E-state index >= 15 is 0 Å². The predicted molar refractivity (Wildman–Crippen MR) is 48.5 cm³/mol. The zero-order valence-corrected chi connectivity index (χ0v) is 9.01. The van der Waals surface area contributed by atoms with Crippen LogP contribution in [0.15, 0.2) is 30.3 Å². The third-order valence-corrected chi connectivity index (χ3v) is 0.607. The molecule has 0 bridgehead atoms. The Morgan fingerprint density at radius 3 is 1.50 bits per heavy atom. The van der Waals surface area contributed by atoms with Crippen molar-refractivity contribution in [3.63, 3.8) is 0 Å². The van der Waals surface area contributed by atoms with Gasteiger partial charge in [0.15, 0.2) is 0 Å². The zero-order chi connectivity index (χ0) is 6.95. The predicted octanol–water partition coefficient (Wildman–Crippen LogP) is 1.89. The van der Waals surface area contributed by atoms with E-state index in [4.69, 9.17) is 0 Å². The molecule has 0 aliphatic rings. The van der Waals surface area contributed by atoms with Gasteiger partial charge in [0.05, 0.1) is 0 Å². The van der Waals surface area contributed by atoms with E-state index in [-0.39, 0.29) is 23.1 Å². The minimum absolute atomic E-state index is 0. The van der Waals surface area contributed by atoms with Crippen molar-refractivity contribution < 1.29 is 0 Å². The van der Waals surface area contributed by atoms with E-state index in [1.165, 1.54) is 0 Å². The molecule has 1 aromatic rings. The van der Waals surface area contributed by atoms with Crippen molar-refractivity contribution in [2.75, 3.05) is 0 Å². The summed E-state index contributed by atoms with van der Waals surface area (Å²) in [5, 5.41) is 0. The van der Waals surface area contributed by atoms with E-state index in [2.05, 4.69) is 19.2 Å². The van der Waals surface area contributed by atoms with Crippen molar-refractivity contribution in [2.45, 2.75) is 13.1 Å². The van der Waals surface area contributed by atoms with Crippen molar-refractivity contribution in [3.05, 3.63) is 36.4 Å². The van der Waals surface area contributed by atoms with Gasteiger partial charge in [-0.25, -0.2) is 13.1 Å². The van der Waals surface area contributed by atoms with Crippen LogP contribution in [-0.4, -0.2) is 32.6 Å². The van der Waals surface area contributed by atoms with Gasteiger partial charge in [0, 0.05) is 0 Å². The van der Waals surface area contributed by atoms with Crippen molar-refractivity contribution in [1.29, 1.82) is 0 Å². The van der Waals surface area contributed by atoms with Crippen molar-refractivity contribution in [2.24, 2.45) is 0 Å². The summed E-state index contributed by atoms with van der Waals surface area (Å²) in [7, 11) is 1.08. The van der Waals surface area contributed by atoms with E-state index in [9.17, 15) is 0 Å². The molecule has 0 N–H and O–H groups in total. The number of rotatable bonds is 0. The fourth-order valence-electron chi connectivity index (χ4n) is 0.342. The van der Waals surface area contributed by atoms with Crippen LogP contribution in [0.4, 0.5) is 0 Å². The van der Waals surface area contributed by atoms with Crippen LogP contribution in [0.1, 0.15) is 0 Å². The Kier molecular flexibility index (Phi) is 15.3. The van der Waals surface area contributed by atoms with Gasteiger partial charge in [-0.05, 0) is 0 Å². The Hall–Kier alpha value is 0.203. The van der Waals surface area contributed by atoms with Crippen molar-refractivity contribution >= 4 is 32.6 Å². The van der Waals surface area contributed by atoms with E-state index in [0.29, 0.717) is 0 Å². The molecule has 0 saturated heterocycles. The summed E-state index contributed by atoms with van der Waals surface area (Å²) in [5.41, 5.74) is 0. The summed E-state index contributed by atoms with van der Waals surface area (Å²) in [6, 6.07) is 12.5. The average Bonchev–Trinajstić information content (AvgIpc) is 1.93. The molecule has 0 atom stereocenters.